The summed E-state index contributed by atoms with van der Waals surface area (Å²) in [6, 6.07) is 9.47. The summed E-state index contributed by atoms with van der Waals surface area (Å²) in [5, 5.41) is 19.1. The van der Waals surface area contributed by atoms with Crippen molar-refractivity contribution in [3.05, 3.63) is 71.0 Å². The number of anilines is 3. The van der Waals surface area contributed by atoms with Crippen molar-refractivity contribution in [1.29, 1.82) is 0 Å². The molecule has 0 aliphatic carbocycles. The summed E-state index contributed by atoms with van der Waals surface area (Å²) in [4.78, 5) is 14.3. The molecule has 12 heteroatoms. The van der Waals surface area contributed by atoms with E-state index in [-0.39, 0.29) is 18.3 Å². The first-order valence-corrected chi connectivity index (χ1v) is 11.7. The molecule has 1 aliphatic heterocycles. The van der Waals surface area contributed by atoms with Gasteiger partial charge in [-0.15, -0.1) is 5.11 Å². The third-order valence-electron chi connectivity index (χ3n) is 5.60. The SMILES string of the molecule is Cc1cn[nH]c1-c1ccc(Nc2ccc(CN=Nc3ncc(F)c(N4CCOCC4)n3)nc2)cc1Cl. The number of halogens is 2. The van der Waals surface area contributed by atoms with Crippen LogP contribution in [0.5, 0.6) is 0 Å². The summed E-state index contributed by atoms with van der Waals surface area (Å²) in [6.45, 7) is 4.39. The third-order valence-corrected chi connectivity index (χ3v) is 5.91. The summed E-state index contributed by atoms with van der Waals surface area (Å²) in [5.74, 6) is -0.182. The number of aromatic amines is 1. The van der Waals surface area contributed by atoms with Crippen LogP contribution in [-0.4, -0.2) is 51.5 Å². The average molecular weight is 508 g/mol. The molecule has 1 aromatic carbocycles. The fourth-order valence-electron chi connectivity index (χ4n) is 3.74. The minimum atomic E-state index is -0.493. The van der Waals surface area contributed by atoms with Crippen molar-refractivity contribution in [2.45, 2.75) is 13.5 Å². The number of nitrogens with one attached hydrogen (secondary N) is 2. The molecule has 2 N–H and O–H groups in total. The number of pyridine rings is 1. The first-order chi connectivity index (χ1) is 17.6. The molecular weight excluding hydrogens is 485 g/mol. The quantitative estimate of drug-likeness (QED) is 0.329. The van der Waals surface area contributed by atoms with Gasteiger partial charge < -0.3 is 15.0 Å². The summed E-state index contributed by atoms with van der Waals surface area (Å²) in [7, 11) is 0. The van der Waals surface area contributed by atoms with Crippen LogP contribution in [0.3, 0.4) is 0 Å². The van der Waals surface area contributed by atoms with E-state index in [1.54, 1.807) is 12.4 Å². The van der Waals surface area contributed by atoms with Crippen LogP contribution in [0.1, 0.15) is 11.3 Å². The molecule has 0 unspecified atom stereocenters. The van der Waals surface area contributed by atoms with Gasteiger partial charge in [0.05, 0.1) is 53.9 Å². The molecule has 5 rings (SSSR count). The predicted octanol–water partition coefficient (Wildman–Crippen LogP) is 5.23. The van der Waals surface area contributed by atoms with Crippen LogP contribution in [0.2, 0.25) is 5.02 Å². The van der Waals surface area contributed by atoms with E-state index in [1.807, 2.05) is 42.2 Å². The number of nitrogens with zero attached hydrogens (tertiary/aromatic N) is 7. The Morgan fingerprint density at radius 3 is 2.67 bits per heavy atom. The van der Waals surface area contributed by atoms with E-state index in [2.05, 4.69) is 40.7 Å². The first kappa shape index (κ1) is 23.8. The Balaban J connectivity index is 1.20. The summed E-state index contributed by atoms with van der Waals surface area (Å²) < 4.78 is 19.5. The molecular formula is C24H23ClFN9O. The second-order valence-electron chi connectivity index (χ2n) is 8.13. The molecule has 36 heavy (non-hydrogen) atoms. The van der Waals surface area contributed by atoms with Crippen molar-refractivity contribution < 1.29 is 9.13 Å². The number of morpholine rings is 1. The fourth-order valence-corrected chi connectivity index (χ4v) is 4.01. The number of hydrogen-bond donors (Lipinski definition) is 2. The van der Waals surface area contributed by atoms with Crippen molar-refractivity contribution in [3.8, 4) is 11.3 Å². The lowest BCUT2D eigenvalue weighted by Crippen LogP contribution is -2.37. The fraction of sp³-hybridized carbons (Fsp3) is 0.250. The highest BCUT2D eigenvalue weighted by Gasteiger charge is 2.17. The lowest BCUT2D eigenvalue weighted by atomic mass is 10.1. The Bertz CT molecular complexity index is 1370. The van der Waals surface area contributed by atoms with E-state index in [0.717, 1.165) is 34.4 Å². The standard InChI is InChI=1S/C24H23ClFN9O/c1-15-11-29-33-22(15)19-5-4-16(10-20(19)25)31-18-3-2-17(27-12-18)13-30-34-24-28-14-21(26)23(32-24)35-6-8-36-9-7-35/h2-5,10-12,14,31H,6-9,13H2,1H3,(H,29,33). The van der Waals surface area contributed by atoms with E-state index in [0.29, 0.717) is 37.0 Å². The maximum Gasteiger partial charge on any atom is 0.270 e. The van der Waals surface area contributed by atoms with Crippen molar-refractivity contribution >= 4 is 34.7 Å². The zero-order chi connectivity index (χ0) is 24.9. The molecule has 4 aromatic rings. The largest absolute Gasteiger partial charge is 0.378 e. The Labute approximate surface area is 211 Å². The number of hydrogen-bond acceptors (Lipinski definition) is 9. The number of aryl methyl sites for hydroxylation is 1. The van der Waals surface area contributed by atoms with Gasteiger partial charge in [0.25, 0.3) is 5.95 Å². The van der Waals surface area contributed by atoms with Gasteiger partial charge in [0.1, 0.15) is 6.54 Å². The molecule has 1 fully saturated rings. The Kier molecular flexibility index (Phi) is 7.10. The molecule has 1 aliphatic rings. The van der Waals surface area contributed by atoms with Crippen LogP contribution in [0, 0.1) is 12.7 Å². The smallest absolute Gasteiger partial charge is 0.270 e. The second kappa shape index (κ2) is 10.8. The minimum absolute atomic E-state index is 0.0989. The van der Waals surface area contributed by atoms with Crippen LogP contribution in [0.15, 0.2) is 59.2 Å². The molecule has 184 valence electrons. The normalized spacial score (nSPS) is 13.9. The number of rotatable bonds is 7. The van der Waals surface area contributed by atoms with E-state index >= 15 is 0 Å². The van der Waals surface area contributed by atoms with Gasteiger partial charge in [-0.3, -0.25) is 10.1 Å². The molecule has 10 nitrogen and oxygen atoms in total. The molecule has 0 spiro atoms. The Morgan fingerprint density at radius 1 is 1.11 bits per heavy atom. The molecule has 4 heterocycles. The van der Waals surface area contributed by atoms with Crippen LogP contribution in [-0.2, 0) is 11.3 Å². The van der Waals surface area contributed by atoms with Crippen molar-refractivity contribution in [1.82, 2.24) is 25.1 Å². The molecule has 1 saturated heterocycles. The highest BCUT2D eigenvalue weighted by atomic mass is 35.5. The highest BCUT2D eigenvalue weighted by Crippen LogP contribution is 2.31. The van der Waals surface area contributed by atoms with Gasteiger partial charge in [-0.2, -0.15) is 15.2 Å². The van der Waals surface area contributed by atoms with E-state index in [4.69, 9.17) is 16.3 Å². The summed E-state index contributed by atoms with van der Waals surface area (Å²) >= 11 is 6.49. The number of benzene rings is 1. The van der Waals surface area contributed by atoms with Gasteiger partial charge in [-0.25, -0.2) is 9.37 Å². The van der Waals surface area contributed by atoms with Crippen LogP contribution in [0.25, 0.3) is 11.3 Å². The first-order valence-electron chi connectivity index (χ1n) is 11.3. The maximum absolute atomic E-state index is 14.2. The van der Waals surface area contributed by atoms with Gasteiger partial charge in [0, 0.05) is 24.3 Å². The predicted molar refractivity (Wildman–Crippen MR) is 135 cm³/mol. The molecule has 0 bridgehead atoms. The van der Waals surface area contributed by atoms with E-state index in [9.17, 15) is 4.39 Å². The Morgan fingerprint density at radius 2 is 1.94 bits per heavy atom. The lowest BCUT2D eigenvalue weighted by Gasteiger charge is -2.27. The number of ether oxygens (including phenoxy) is 1. The monoisotopic (exact) mass is 507 g/mol. The highest BCUT2D eigenvalue weighted by molar-refractivity contribution is 6.33. The molecule has 0 atom stereocenters. The van der Waals surface area contributed by atoms with Gasteiger partial charge in [-0.1, -0.05) is 11.6 Å². The van der Waals surface area contributed by atoms with E-state index in [1.165, 1.54) is 0 Å². The van der Waals surface area contributed by atoms with Crippen LogP contribution in [0.4, 0.5) is 27.5 Å². The summed E-state index contributed by atoms with van der Waals surface area (Å²) in [5.41, 5.74) is 5.16. The number of aromatic nitrogens is 5. The lowest BCUT2D eigenvalue weighted by molar-refractivity contribution is 0.122. The van der Waals surface area contributed by atoms with Gasteiger partial charge >= 0.3 is 0 Å². The maximum atomic E-state index is 14.2. The van der Waals surface area contributed by atoms with Crippen molar-refractivity contribution in [2.24, 2.45) is 10.2 Å². The Hall–Kier alpha value is -3.96. The third kappa shape index (κ3) is 5.47. The van der Waals surface area contributed by atoms with Crippen molar-refractivity contribution in [3.63, 3.8) is 0 Å². The molecule has 0 saturated carbocycles. The number of H-pyrrole nitrogens is 1. The van der Waals surface area contributed by atoms with Crippen LogP contribution < -0.4 is 10.2 Å². The topological polar surface area (TPSA) is 117 Å². The van der Waals surface area contributed by atoms with Gasteiger partial charge in [0.2, 0.25) is 0 Å². The molecule has 0 radical (unpaired) electrons. The van der Waals surface area contributed by atoms with E-state index < -0.39 is 5.82 Å². The van der Waals surface area contributed by atoms with Crippen molar-refractivity contribution in [2.75, 3.05) is 36.5 Å². The molecule has 0 amide bonds. The number of azo groups is 1. The van der Waals surface area contributed by atoms with Gasteiger partial charge in [-0.05, 0) is 42.8 Å². The van der Waals surface area contributed by atoms with Gasteiger partial charge in [0.15, 0.2) is 11.6 Å². The average Bonchev–Trinajstić information content (AvgIpc) is 3.32. The zero-order valence-corrected chi connectivity index (χ0v) is 20.2. The molecule has 3 aromatic heterocycles. The minimum Gasteiger partial charge on any atom is -0.378 e. The summed E-state index contributed by atoms with van der Waals surface area (Å²) in [6.07, 6.45) is 4.58. The zero-order valence-electron chi connectivity index (χ0n) is 19.4. The van der Waals surface area contributed by atoms with Crippen LogP contribution >= 0.6 is 11.6 Å². The second-order valence-corrected chi connectivity index (χ2v) is 8.53.